The predicted octanol–water partition coefficient (Wildman–Crippen LogP) is 1.56. The Morgan fingerprint density at radius 3 is 2.57 bits per heavy atom. The van der Waals surface area contributed by atoms with Crippen LogP contribution in [-0.2, 0) is 24.3 Å². The standard InChI is InChI=1S/C18H18ClN3O6S2/c19-12-5-7-13(8-6-12)30(26,27)22-9-1-3-14(22)18(25)28-11-16(23)20-21-17(24)15-4-2-10-29-15/h2,4-8,10,14H,1,3,9,11H2,(H,20,23)(H,21,24). The van der Waals surface area contributed by atoms with E-state index in [2.05, 4.69) is 10.9 Å². The molecule has 2 N–H and O–H groups in total. The number of thiophene rings is 1. The first-order valence-corrected chi connectivity index (χ1v) is 11.6. The Hall–Kier alpha value is -2.47. The molecule has 1 aliphatic heterocycles. The van der Waals surface area contributed by atoms with E-state index in [0.717, 1.165) is 4.31 Å². The Balaban J connectivity index is 1.54. The minimum atomic E-state index is -3.92. The summed E-state index contributed by atoms with van der Waals surface area (Å²) < 4.78 is 31.7. The summed E-state index contributed by atoms with van der Waals surface area (Å²) in [5.41, 5.74) is 4.34. The molecule has 0 aliphatic carbocycles. The van der Waals surface area contributed by atoms with Crippen LogP contribution in [0.15, 0.2) is 46.7 Å². The van der Waals surface area contributed by atoms with Crippen molar-refractivity contribution in [3.05, 3.63) is 51.7 Å². The second-order valence-electron chi connectivity index (χ2n) is 6.32. The van der Waals surface area contributed by atoms with Gasteiger partial charge in [-0.1, -0.05) is 17.7 Å². The summed E-state index contributed by atoms with van der Waals surface area (Å²) in [6, 6.07) is 7.87. The predicted molar refractivity (Wildman–Crippen MR) is 109 cm³/mol. The highest BCUT2D eigenvalue weighted by atomic mass is 35.5. The van der Waals surface area contributed by atoms with E-state index < -0.39 is 40.5 Å². The largest absolute Gasteiger partial charge is 0.454 e. The van der Waals surface area contributed by atoms with Crippen molar-refractivity contribution in [2.75, 3.05) is 13.2 Å². The van der Waals surface area contributed by atoms with E-state index in [1.54, 1.807) is 17.5 Å². The number of esters is 1. The number of ether oxygens (including phenoxy) is 1. The fourth-order valence-electron chi connectivity index (χ4n) is 2.87. The average Bonchev–Trinajstić information content (AvgIpc) is 3.43. The van der Waals surface area contributed by atoms with Gasteiger partial charge in [-0.2, -0.15) is 4.31 Å². The van der Waals surface area contributed by atoms with Gasteiger partial charge in [-0.25, -0.2) is 8.42 Å². The van der Waals surface area contributed by atoms with Gasteiger partial charge in [0.2, 0.25) is 10.0 Å². The lowest BCUT2D eigenvalue weighted by Gasteiger charge is -2.22. The van der Waals surface area contributed by atoms with Gasteiger partial charge in [-0.3, -0.25) is 25.2 Å². The van der Waals surface area contributed by atoms with Crippen LogP contribution in [-0.4, -0.2) is 49.7 Å². The molecule has 2 heterocycles. The van der Waals surface area contributed by atoms with Crippen LogP contribution in [0.2, 0.25) is 5.02 Å². The van der Waals surface area contributed by atoms with Crippen LogP contribution >= 0.6 is 22.9 Å². The second kappa shape index (κ2) is 9.56. The lowest BCUT2D eigenvalue weighted by atomic mass is 10.2. The smallest absolute Gasteiger partial charge is 0.324 e. The first-order chi connectivity index (χ1) is 14.3. The lowest BCUT2D eigenvalue weighted by molar-refractivity contribution is -0.151. The molecule has 0 bridgehead atoms. The van der Waals surface area contributed by atoms with Crippen LogP contribution in [0.5, 0.6) is 0 Å². The van der Waals surface area contributed by atoms with Crippen molar-refractivity contribution in [2.45, 2.75) is 23.8 Å². The third kappa shape index (κ3) is 5.17. The molecule has 3 rings (SSSR count). The molecule has 1 saturated heterocycles. The minimum Gasteiger partial charge on any atom is -0.454 e. The van der Waals surface area contributed by atoms with E-state index in [1.807, 2.05) is 0 Å². The topological polar surface area (TPSA) is 122 Å². The quantitative estimate of drug-likeness (QED) is 0.487. The number of sulfonamides is 1. The number of amides is 2. The first kappa shape index (κ1) is 22.2. The van der Waals surface area contributed by atoms with Gasteiger partial charge < -0.3 is 4.74 Å². The molecule has 160 valence electrons. The first-order valence-electron chi connectivity index (χ1n) is 8.86. The molecular formula is C18H18ClN3O6S2. The number of nitrogens with zero attached hydrogens (tertiary/aromatic N) is 1. The van der Waals surface area contributed by atoms with E-state index >= 15 is 0 Å². The zero-order chi connectivity index (χ0) is 21.7. The lowest BCUT2D eigenvalue weighted by Crippen LogP contribution is -2.45. The number of hydrogen-bond donors (Lipinski definition) is 2. The Morgan fingerprint density at radius 1 is 1.17 bits per heavy atom. The molecule has 0 saturated carbocycles. The highest BCUT2D eigenvalue weighted by Crippen LogP contribution is 2.27. The maximum absolute atomic E-state index is 12.8. The summed E-state index contributed by atoms with van der Waals surface area (Å²) in [4.78, 5) is 36.4. The molecule has 1 aromatic heterocycles. The van der Waals surface area contributed by atoms with E-state index in [4.69, 9.17) is 16.3 Å². The molecule has 1 aromatic carbocycles. The Bertz CT molecular complexity index is 1020. The SMILES string of the molecule is O=C(COC(=O)C1CCCN1S(=O)(=O)c1ccc(Cl)cc1)NNC(=O)c1cccs1. The average molecular weight is 472 g/mol. The number of nitrogens with one attached hydrogen (secondary N) is 2. The van der Waals surface area contributed by atoms with E-state index in [1.165, 1.54) is 35.6 Å². The van der Waals surface area contributed by atoms with Crippen molar-refractivity contribution >= 4 is 50.7 Å². The van der Waals surface area contributed by atoms with Crippen LogP contribution in [0.4, 0.5) is 0 Å². The van der Waals surface area contributed by atoms with E-state index in [0.29, 0.717) is 16.3 Å². The van der Waals surface area contributed by atoms with Gasteiger partial charge >= 0.3 is 5.97 Å². The van der Waals surface area contributed by atoms with Crippen molar-refractivity contribution in [3.63, 3.8) is 0 Å². The van der Waals surface area contributed by atoms with Gasteiger partial charge in [0.1, 0.15) is 6.04 Å². The van der Waals surface area contributed by atoms with Gasteiger partial charge in [0, 0.05) is 11.6 Å². The monoisotopic (exact) mass is 471 g/mol. The summed E-state index contributed by atoms with van der Waals surface area (Å²) in [6.07, 6.45) is 0.762. The van der Waals surface area contributed by atoms with Crippen LogP contribution in [0.3, 0.4) is 0 Å². The highest BCUT2D eigenvalue weighted by molar-refractivity contribution is 7.89. The fourth-order valence-corrected chi connectivity index (χ4v) is 5.26. The third-order valence-electron chi connectivity index (χ3n) is 4.30. The minimum absolute atomic E-state index is 0.0145. The Morgan fingerprint density at radius 2 is 1.90 bits per heavy atom. The number of carbonyl (C=O) groups excluding carboxylic acids is 3. The van der Waals surface area contributed by atoms with Crippen molar-refractivity contribution in [2.24, 2.45) is 0 Å². The highest BCUT2D eigenvalue weighted by Gasteiger charge is 2.40. The number of hydrogen-bond acceptors (Lipinski definition) is 7. The molecular weight excluding hydrogens is 454 g/mol. The molecule has 0 radical (unpaired) electrons. The molecule has 0 spiro atoms. The summed E-state index contributed by atoms with van der Waals surface area (Å²) in [5, 5.41) is 2.10. The van der Waals surface area contributed by atoms with Crippen molar-refractivity contribution in [3.8, 4) is 0 Å². The zero-order valence-electron chi connectivity index (χ0n) is 15.5. The Kier molecular flexibility index (Phi) is 7.08. The molecule has 1 aliphatic rings. The third-order valence-corrected chi connectivity index (χ3v) is 7.34. The summed E-state index contributed by atoms with van der Waals surface area (Å²) in [7, 11) is -3.92. The number of carbonyl (C=O) groups is 3. The summed E-state index contributed by atoms with van der Waals surface area (Å²) in [6.45, 7) is -0.497. The van der Waals surface area contributed by atoms with E-state index in [-0.39, 0.29) is 17.9 Å². The maximum Gasteiger partial charge on any atom is 0.324 e. The molecule has 2 amide bonds. The summed E-state index contributed by atoms with van der Waals surface area (Å²) >= 11 is 7.00. The second-order valence-corrected chi connectivity index (χ2v) is 9.59. The zero-order valence-corrected chi connectivity index (χ0v) is 17.9. The number of rotatable bonds is 6. The van der Waals surface area contributed by atoms with Crippen LogP contribution < -0.4 is 10.9 Å². The Labute approximate surface area is 182 Å². The summed E-state index contributed by atoms with van der Waals surface area (Å²) in [5.74, 6) is -2.08. The fraction of sp³-hybridized carbons (Fsp3) is 0.278. The molecule has 9 nitrogen and oxygen atoms in total. The van der Waals surface area contributed by atoms with Crippen molar-refractivity contribution < 1.29 is 27.5 Å². The maximum atomic E-state index is 12.8. The van der Waals surface area contributed by atoms with Crippen LogP contribution in [0, 0.1) is 0 Å². The van der Waals surface area contributed by atoms with E-state index in [9.17, 15) is 22.8 Å². The van der Waals surface area contributed by atoms with Crippen LogP contribution in [0.1, 0.15) is 22.5 Å². The van der Waals surface area contributed by atoms with Crippen molar-refractivity contribution in [1.29, 1.82) is 0 Å². The molecule has 12 heteroatoms. The molecule has 1 fully saturated rings. The molecule has 1 unspecified atom stereocenters. The van der Waals surface area contributed by atoms with Gasteiger partial charge in [-0.05, 0) is 48.6 Å². The van der Waals surface area contributed by atoms with Gasteiger partial charge in [0.15, 0.2) is 6.61 Å². The van der Waals surface area contributed by atoms with Crippen LogP contribution in [0.25, 0.3) is 0 Å². The van der Waals surface area contributed by atoms with Crippen molar-refractivity contribution in [1.82, 2.24) is 15.2 Å². The molecule has 30 heavy (non-hydrogen) atoms. The normalized spacial score (nSPS) is 16.8. The van der Waals surface area contributed by atoms with Gasteiger partial charge in [-0.15, -0.1) is 11.3 Å². The molecule has 1 atom stereocenters. The number of hydrazine groups is 1. The van der Waals surface area contributed by atoms with Gasteiger partial charge in [0.05, 0.1) is 9.77 Å². The number of benzene rings is 1. The molecule has 2 aromatic rings. The van der Waals surface area contributed by atoms with Gasteiger partial charge in [0.25, 0.3) is 11.8 Å². The number of halogens is 1.